The highest BCUT2D eigenvalue weighted by Crippen LogP contribution is 2.19. The number of carbonyl (C=O) groups excluding carboxylic acids is 2. The largest absolute Gasteiger partial charge is 0.497 e. The third kappa shape index (κ3) is 3.05. The van der Waals surface area contributed by atoms with Gasteiger partial charge in [-0.3, -0.25) is 9.59 Å². The second-order valence-electron chi connectivity index (χ2n) is 4.70. The Labute approximate surface area is 112 Å². The minimum atomic E-state index is -0.267. The van der Waals surface area contributed by atoms with E-state index < -0.39 is 0 Å². The smallest absolute Gasteiger partial charge is 0.253 e. The van der Waals surface area contributed by atoms with Crippen molar-refractivity contribution in [2.75, 3.05) is 20.2 Å². The van der Waals surface area contributed by atoms with E-state index in [1.807, 2.05) is 0 Å². The molecule has 1 aromatic carbocycles. The monoisotopic (exact) mass is 262 g/mol. The Morgan fingerprint density at radius 2 is 1.79 bits per heavy atom. The molecule has 102 valence electrons. The maximum atomic E-state index is 12.2. The third-order valence-electron chi connectivity index (χ3n) is 3.52. The van der Waals surface area contributed by atoms with Crippen molar-refractivity contribution >= 4 is 11.8 Å². The maximum Gasteiger partial charge on any atom is 0.253 e. The summed E-state index contributed by atoms with van der Waals surface area (Å²) in [6, 6.07) is 7.04. The predicted molar refractivity (Wildman–Crippen MR) is 70.8 cm³/mol. The number of hydrogen-bond donors (Lipinski definition) is 1. The molecular formula is C14H18N2O3. The summed E-state index contributed by atoms with van der Waals surface area (Å²) in [6.07, 6.45) is 1.30. The van der Waals surface area contributed by atoms with Gasteiger partial charge in [-0.05, 0) is 37.1 Å². The molecule has 1 aliphatic heterocycles. The van der Waals surface area contributed by atoms with E-state index in [0.717, 1.165) is 5.75 Å². The molecule has 1 saturated heterocycles. The molecule has 0 radical (unpaired) electrons. The van der Waals surface area contributed by atoms with Gasteiger partial charge < -0.3 is 15.4 Å². The lowest BCUT2D eigenvalue weighted by Crippen LogP contribution is -2.41. The van der Waals surface area contributed by atoms with Gasteiger partial charge in [-0.1, -0.05) is 0 Å². The van der Waals surface area contributed by atoms with Gasteiger partial charge in [0.2, 0.25) is 5.91 Å². The van der Waals surface area contributed by atoms with Crippen molar-refractivity contribution in [3.63, 3.8) is 0 Å². The van der Waals surface area contributed by atoms with Gasteiger partial charge in [-0.15, -0.1) is 0 Å². The van der Waals surface area contributed by atoms with Gasteiger partial charge >= 0.3 is 0 Å². The molecule has 0 aliphatic carbocycles. The van der Waals surface area contributed by atoms with E-state index >= 15 is 0 Å². The molecule has 0 saturated carbocycles. The van der Waals surface area contributed by atoms with E-state index in [-0.39, 0.29) is 17.7 Å². The average molecular weight is 262 g/mol. The highest BCUT2D eigenvalue weighted by Gasteiger charge is 2.26. The van der Waals surface area contributed by atoms with Gasteiger partial charge in [-0.25, -0.2) is 0 Å². The summed E-state index contributed by atoms with van der Waals surface area (Å²) >= 11 is 0. The molecule has 0 spiro atoms. The standard InChI is InChI=1S/C14H18N2O3/c1-19-12-4-2-11(3-5-12)14(18)16-8-6-10(7-9-16)13(15)17/h2-5,10H,6-9H2,1H3,(H2,15,17). The summed E-state index contributed by atoms with van der Waals surface area (Å²) in [5.74, 6) is 0.353. The highest BCUT2D eigenvalue weighted by atomic mass is 16.5. The molecule has 0 atom stereocenters. The summed E-state index contributed by atoms with van der Waals surface area (Å²) in [4.78, 5) is 25.1. The van der Waals surface area contributed by atoms with Gasteiger partial charge in [0.1, 0.15) is 5.75 Å². The molecule has 0 bridgehead atoms. The molecule has 19 heavy (non-hydrogen) atoms. The number of primary amides is 1. The molecule has 0 unspecified atom stereocenters. The van der Waals surface area contributed by atoms with Crippen LogP contribution < -0.4 is 10.5 Å². The molecule has 0 aromatic heterocycles. The van der Waals surface area contributed by atoms with E-state index in [9.17, 15) is 9.59 Å². The van der Waals surface area contributed by atoms with E-state index in [1.54, 1.807) is 36.3 Å². The summed E-state index contributed by atoms with van der Waals surface area (Å²) in [6.45, 7) is 1.16. The van der Waals surface area contributed by atoms with Crippen LogP contribution in [0.25, 0.3) is 0 Å². The van der Waals surface area contributed by atoms with Crippen molar-refractivity contribution in [2.45, 2.75) is 12.8 Å². The van der Waals surface area contributed by atoms with E-state index in [4.69, 9.17) is 10.5 Å². The molecule has 2 N–H and O–H groups in total. The lowest BCUT2D eigenvalue weighted by atomic mass is 9.96. The number of ether oxygens (including phenoxy) is 1. The number of carbonyl (C=O) groups is 2. The van der Waals surface area contributed by atoms with Gasteiger partial charge in [0.15, 0.2) is 0 Å². The third-order valence-corrected chi connectivity index (χ3v) is 3.52. The first-order valence-corrected chi connectivity index (χ1v) is 6.34. The number of likely N-dealkylation sites (tertiary alicyclic amines) is 1. The van der Waals surface area contributed by atoms with Crippen molar-refractivity contribution in [1.82, 2.24) is 4.90 Å². The number of nitrogens with two attached hydrogens (primary N) is 1. The topological polar surface area (TPSA) is 72.6 Å². The molecule has 5 heteroatoms. The minimum Gasteiger partial charge on any atom is -0.497 e. The summed E-state index contributed by atoms with van der Waals surface area (Å²) in [5, 5.41) is 0. The van der Waals surface area contributed by atoms with Gasteiger partial charge in [-0.2, -0.15) is 0 Å². The van der Waals surface area contributed by atoms with Crippen LogP contribution in [-0.2, 0) is 4.79 Å². The Bertz CT molecular complexity index is 462. The first-order valence-electron chi connectivity index (χ1n) is 6.34. The quantitative estimate of drug-likeness (QED) is 0.884. The predicted octanol–water partition coefficient (Wildman–Crippen LogP) is 1.03. The van der Waals surface area contributed by atoms with E-state index in [0.29, 0.717) is 31.5 Å². The van der Waals surface area contributed by atoms with Crippen molar-refractivity contribution in [2.24, 2.45) is 11.7 Å². The van der Waals surface area contributed by atoms with Crippen LogP contribution in [-0.4, -0.2) is 36.9 Å². The number of piperidine rings is 1. The zero-order valence-electron chi connectivity index (χ0n) is 11.0. The zero-order valence-corrected chi connectivity index (χ0v) is 11.0. The van der Waals surface area contributed by atoms with Crippen LogP contribution in [0.3, 0.4) is 0 Å². The fraction of sp³-hybridized carbons (Fsp3) is 0.429. The van der Waals surface area contributed by atoms with Gasteiger partial charge in [0.25, 0.3) is 5.91 Å². The SMILES string of the molecule is COc1ccc(C(=O)N2CCC(C(N)=O)CC2)cc1. The summed E-state index contributed by atoms with van der Waals surface area (Å²) in [7, 11) is 1.59. The Balaban J connectivity index is 1.98. The fourth-order valence-electron chi connectivity index (χ4n) is 2.28. The number of nitrogens with zero attached hydrogens (tertiary/aromatic N) is 1. The summed E-state index contributed by atoms with van der Waals surface area (Å²) in [5.41, 5.74) is 5.91. The lowest BCUT2D eigenvalue weighted by Gasteiger charge is -2.30. The molecule has 1 fully saturated rings. The van der Waals surface area contributed by atoms with Crippen LogP contribution in [0.4, 0.5) is 0 Å². The molecule has 2 rings (SSSR count). The van der Waals surface area contributed by atoms with Crippen LogP contribution >= 0.6 is 0 Å². The van der Waals surface area contributed by atoms with Crippen LogP contribution in [0, 0.1) is 5.92 Å². The molecule has 1 heterocycles. The summed E-state index contributed by atoms with van der Waals surface area (Å²) < 4.78 is 5.06. The minimum absolute atomic E-state index is 0.00873. The number of benzene rings is 1. The molecule has 2 amide bonds. The molecule has 1 aliphatic rings. The lowest BCUT2D eigenvalue weighted by molar-refractivity contribution is -0.123. The van der Waals surface area contributed by atoms with Gasteiger partial charge in [0.05, 0.1) is 7.11 Å². The maximum absolute atomic E-state index is 12.2. The Kier molecular flexibility index (Phi) is 4.04. The second kappa shape index (κ2) is 5.73. The van der Waals surface area contributed by atoms with Crippen molar-refractivity contribution in [1.29, 1.82) is 0 Å². The van der Waals surface area contributed by atoms with Crippen LogP contribution in [0.5, 0.6) is 5.75 Å². The average Bonchev–Trinajstić information content (AvgIpc) is 2.46. The highest BCUT2D eigenvalue weighted by molar-refractivity contribution is 5.94. The zero-order chi connectivity index (χ0) is 13.8. The number of amides is 2. The van der Waals surface area contributed by atoms with Gasteiger partial charge in [0, 0.05) is 24.6 Å². The fourth-order valence-corrected chi connectivity index (χ4v) is 2.28. The van der Waals surface area contributed by atoms with E-state index in [2.05, 4.69) is 0 Å². The first kappa shape index (κ1) is 13.4. The van der Waals surface area contributed by atoms with Crippen molar-refractivity contribution in [3.8, 4) is 5.75 Å². The normalized spacial score (nSPS) is 16.2. The number of rotatable bonds is 3. The van der Waals surface area contributed by atoms with Crippen molar-refractivity contribution in [3.05, 3.63) is 29.8 Å². The van der Waals surface area contributed by atoms with Crippen LogP contribution in [0.1, 0.15) is 23.2 Å². The van der Waals surface area contributed by atoms with E-state index in [1.165, 1.54) is 0 Å². The number of methoxy groups -OCH3 is 1. The first-order chi connectivity index (χ1) is 9.11. The molecular weight excluding hydrogens is 244 g/mol. The molecule has 5 nitrogen and oxygen atoms in total. The van der Waals surface area contributed by atoms with Crippen molar-refractivity contribution < 1.29 is 14.3 Å². The number of hydrogen-bond acceptors (Lipinski definition) is 3. The Morgan fingerprint density at radius 1 is 1.21 bits per heavy atom. The van der Waals surface area contributed by atoms with Crippen LogP contribution in [0.2, 0.25) is 0 Å². The Hall–Kier alpha value is -2.04. The second-order valence-corrected chi connectivity index (χ2v) is 4.70. The van der Waals surface area contributed by atoms with Crippen LogP contribution in [0.15, 0.2) is 24.3 Å². The molecule has 1 aromatic rings. The Morgan fingerprint density at radius 3 is 2.26 bits per heavy atom.